The minimum absolute atomic E-state index is 0.0460. The highest BCUT2D eigenvalue weighted by Gasteiger charge is 2.24. The van der Waals surface area contributed by atoms with Gasteiger partial charge in [0.25, 0.3) is 5.91 Å². The van der Waals surface area contributed by atoms with Crippen LogP contribution in [0.15, 0.2) is 42.5 Å². The number of ether oxygens (including phenoxy) is 2. The van der Waals surface area contributed by atoms with Crippen molar-refractivity contribution in [2.45, 2.75) is 39.9 Å². The molecule has 0 saturated carbocycles. The van der Waals surface area contributed by atoms with Crippen LogP contribution in [-0.2, 0) is 9.53 Å². The number of thiocarbonyl (C=S) groups is 1. The van der Waals surface area contributed by atoms with Crippen molar-refractivity contribution in [3.05, 3.63) is 59.2 Å². The maximum absolute atomic E-state index is 12.2. The van der Waals surface area contributed by atoms with Crippen LogP contribution in [0.4, 0.5) is 5.69 Å². The Balaban J connectivity index is 1.54. The molecule has 0 unspecified atom stereocenters. The fourth-order valence-electron chi connectivity index (χ4n) is 3.44. The standard InChI is InChI=1S/C23H28N2O3S/c1-15-6-5-7-21(18(15)4)24-22(26)14-27-20-10-8-19(9-11-20)23(29)25-12-16(2)28-17(3)13-25/h5-11,16-17H,12-14H2,1-4H3,(H,24,26)/t16-,17-/m1/s1. The molecule has 0 bridgehead atoms. The number of morpholine rings is 1. The first kappa shape index (κ1) is 21.3. The molecule has 1 aliphatic rings. The Bertz CT molecular complexity index is 872. The van der Waals surface area contributed by atoms with Crippen molar-refractivity contribution in [3.8, 4) is 5.75 Å². The van der Waals surface area contributed by atoms with Crippen molar-refractivity contribution in [1.29, 1.82) is 0 Å². The van der Waals surface area contributed by atoms with Gasteiger partial charge >= 0.3 is 0 Å². The highest BCUT2D eigenvalue weighted by Crippen LogP contribution is 2.19. The smallest absolute Gasteiger partial charge is 0.262 e. The molecule has 0 aliphatic carbocycles. The van der Waals surface area contributed by atoms with E-state index in [0.29, 0.717) is 5.75 Å². The molecule has 2 aromatic rings. The number of carbonyl (C=O) groups is 1. The number of hydrogen-bond donors (Lipinski definition) is 1. The summed E-state index contributed by atoms with van der Waals surface area (Å²) in [7, 11) is 0. The van der Waals surface area contributed by atoms with Crippen LogP contribution in [0.3, 0.4) is 0 Å². The fraction of sp³-hybridized carbons (Fsp3) is 0.391. The molecular formula is C23H28N2O3S. The maximum atomic E-state index is 12.2. The van der Waals surface area contributed by atoms with Gasteiger partial charge in [0.2, 0.25) is 0 Å². The molecule has 0 aromatic heterocycles. The van der Waals surface area contributed by atoms with Crippen LogP contribution in [0, 0.1) is 13.8 Å². The van der Waals surface area contributed by atoms with Gasteiger partial charge in [-0.1, -0.05) is 24.4 Å². The summed E-state index contributed by atoms with van der Waals surface area (Å²) >= 11 is 5.66. The van der Waals surface area contributed by atoms with Gasteiger partial charge in [0, 0.05) is 24.3 Å². The van der Waals surface area contributed by atoms with Crippen LogP contribution in [0.2, 0.25) is 0 Å². The topological polar surface area (TPSA) is 50.8 Å². The normalized spacial score (nSPS) is 19.0. The van der Waals surface area contributed by atoms with Crippen LogP contribution in [-0.4, -0.2) is 47.7 Å². The van der Waals surface area contributed by atoms with Crippen LogP contribution >= 0.6 is 12.2 Å². The zero-order chi connectivity index (χ0) is 21.0. The van der Waals surface area contributed by atoms with E-state index >= 15 is 0 Å². The summed E-state index contributed by atoms with van der Waals surface area (Å²) in [5, 5.41) is 2.90. The van der Waals surface area contributed by atoms with Gasteiger partial charge in [-0.2, -0.15) is 0 Å². The first-order valence-corrected chi connectivity index (χ1v) is 10.3. The number of benzene rings is 2. The minimum Gasteiger partial charge on any atom is -0.484 e. The number of anilines is 1. The highest BCUT2D eigenvalue weighted by molar-refractivity contribution is 7.80. The number of nitrogens with zero attached hydrogens (tertiary/aromatic N) is 1. The lowest BCUT2D eigenvalue weighted by atomic mass is 10.1. The average molecular weight is 413 g/mol. The predicted octanol–water partition coefficient (Wildman–Crippen LogP) is 4.11. The number of nitrogens with one attached hydrogen (secondary N) is 1. The van der Waals surface area contributed by atoms with Crippen LogP contribution in [0.25, 0.3) is 0 Å². The van der Waals surface area contributed by atoms with Crippen molar-refractivity contribution < 1.29 is 14.3 Å². The van der Waals surface area contributed by atoms with Gasteiger partial charge in [0.05, 0.1) is 12.2 Å². The molecule has 6 heteroatoms. The van der Waals surface area contributed by atoms with E-state index in [0.717, 1.165) is 40.5 Å². The molecule has 3 rings (SSSR count). The molecular weight excluding hydrogens is 384 g/mol. The van der Waals surface area contributed by atoms with E-state index in [9.17, 15) is 4.79 Å². The Morgan fingerprint density at radius 1 is 1.14 bits per heavy atom. The summed E-state index contributed by atoms with van der Waals surface area (Å²) in [6.45, 7) is 9.67. The van der Waals surface area contributed by atoms with E-state index in [2.05, 4.69) is 24.1 Å². The lowest BCUT2D eigenvalue weighted by Gasteiger charge is -2.37. The minimum atomic E-state index is -0.186. The Morgan fingerprint density at radius 2 is 1.79 bits per heavy atom. The van der Waals surface area contributed by atoms with Gasteiger partial charge in [-0.25, -0.2) is 0 Å². The van der Waals surface area contributed by atoms with E-state index in [1.807, 2.05) is 56.3 Å². The number of aryl methyl sites for hydroxylation is 1. The third-order valence-electron chi connectivity index (χ3n) is 5.06. The summed E-state index contributed by atoms with van der Waals surface area (Å²) in [5.74, 6) is 0.450. The summed E-state index contributed by atoms with van der Waals surface area (Å²) in [5.41, 5.74) is 3.98. The summed E-state index contributed by atoms with van der Waals surface area (Å²) in [6.07, 6.45) is 0.324. The molecule has 0 spiro atoms. The zero-order valence-corrected chi connectivity index (χ0v) is 18.2. The molecule has 1 fully saturated rings. The molecule has 1 heterocycles. The number of hydrogen-bond acceptors (Lipinski definition) is 4. The van der Waals surface area contributed by atoms with Crippen LogP contribution in [0.5, 0.6) is 5.75 Å². The summed E-state index contributed by atoms with van der Waals surface area (Å²) < 4.78 is 11.4. The second-order valence-electron chi connectivity index (χ2n) is 7.58. The fourth-order valence-corrected chi connectivity index (χ4v) is 3.73. The summed E-state index contributed by atoms with van der Waals surface area (Å²) in [6, 6.07) is 13.4. The van der Waals surface area contributed by atoms with Crippen molar-refractivity contribution >= 4 is 28.8 Å². The predicted molar refractivity (Wildman–Crippen MR) is 120 cm³/mol. The average Bonchev–Trinajstić information content (AvgIpc) is 2.69. The van der Waals surface area contributed by atoms with E-state index < -0.39 is 0 Å². The van der Waals surface area contributed by atoms with Gasteiger partial charge < -0.3 is 19.7 Å². The molecule has 1 N–H and O–H groups in total. The van der Waals surface area contributed by atoms with E-state index in [4.69, 9.17) is 21.7 Å². The lowest BCUT2D eigenvalue weighted by Crippen LogP contribution is -2.47. The van der Waals surface area contributed by atoms with Crippen LogP contribution in [0.1, 0.15) is 30.5 Å². The van der Waals surface area contributed by atoms with Gasteiger partial charge in [-0.3, -0.25) is 4.79 Å². The first-order valence-electron chi connectivity index (χ1n) is 9.87. The highest BCUT2D eigenvalue weighted by atomic mass is 32.1. The summed E-state index contributed by atoms with van der Waals surface area (Å²) in [4.78, 5) is 15.2. The van der Waals surface area contributed by atoms with Gasteiger partial charge in [-0.05, 0) is 69.2 Å². The Morgan fingerprint density at radius 3 is 2.45 bits per heavy atom. The largest absolute Gasteiger partial charge is 0.484 e. The SMILES string of the molecule is Cc1cccc(NC(=O)COc2ccc(C(=S)N3C[C@@H](C)O[C@H](C)C3)cc2)c1C. The maximum Gasteiger partial charge on any atom is 0.262 e. The van der Waals surface area contributed by atoms with E-state index in [1.54, 1.807) is 0 Å². The Hall–Kier alpha value is -2.44. The lowest BCUT2D eigenvalue weighted by molar-refractivity contribution is -0.118. The molecule has 154 valence electrons. The quantitative estimate of drug-likeness (QED) is 0.749. The molecule has 2 aromatic carbocycles. The van der Waals surface area contributed by atoms with E-state index in [-0.39, 0.29) is 24.7 Å². The molecule has 2 atom stereocenters. The second kappa shape index (κ2) is 9.37. The number of carbonyl (C=O) groups excluding carboxylic acids is 1. The van der Waals surface area contributed by atoms with Crippen molar-refractivity contribution in [2.24, 2.45) is 0 Å². The number of amides is 1. The Kier molecular flexibility index (Phi) is 6.87. The third-order valence-corrected chi connectivity index (χ3v) is 5.55. The van der Waals surface area contributed by atoms with E-state index in [1.165, 1.54) is 0 Å². The molecule has 5 nitrogen and oxygen atoms in total. The van der Waals surface area contributed by atoms with Gasteiger partial charge in [0.1, 0.15) is 10.7 Å². The third kappa shape index (κ3) is 5.55. The van der Waals surface area contributed by atoms with Crippen LogP contribution < -0.4 is 10.1 Å². The van der Waals surface area contributed by atoms with Gasteiger partial charge in [0.15, 0.2) is 6.61 Å². The van der Waals surface area contributed by atoms with Crippen molar-refractivity contribution in [1.82, 2.24) is 4.90 Å². The molecule has 1 saturated heterocycles. The van der Waals surface area contributed by atoms with Crippen molar-refractivity contribution in [3.63, 3.8) is 0 Å². The Labute approximate surface area is 178 Å². The molecule has 0 radical (unpaired) electrons. The molecule has 1 amide bonds. The zero-order valence-electron chi connectivity index (χ0n) is 17.4. The molecule has 29 heavy (non-hydrogen) atoms. The van der Waals surface area contributed by atoms with Crippen molar-refractivity contribution in [2.75, 3.05) is 25.0 Å². The second-order valence-corrected chi connectivity index (χ2v) is 7.96. The first-order chi connectivity index (χ1) is 13.8. The number of rotatable bonds is 5. The monoisotopic (exact) mass is 412 g/mol. The van der Waals surface area contributed by atoms with Gasteiger partial charge in [-0.15, -0.1) is 0 Å². The molecule has 1 aliphatic heterocycles.